The summed E-state index contributed by atoms with van der Waals surface area (Å²) in [5, 5.41) is 0. The molecule has 104 valence electrons. The van der Waals surface area contributed by atoms with E-state index in [0.29, 0.717) is 17.6 Å². The summed E-state index contributed by atoms with van der Waals surface area (Å²) < 4.78 is 44.9. The van der Waals surface area contributed by atoms with Crippen molar-refractivity contribution < 1.29 is 22.7 Å². The third-order valence-electron chi connectivity index (χ3n) is 2.90. The lowest BCUT2D eigenvalue weighted by Gasteiger charge is -2.10. The fraction of sp³-hybridized carbons (Fsp3) is 0.133. The summed E-state index contributed by atoms with van der Waals surface area (Å²) in [5.41, 5.74) is 0.629. The second-order valence-electron chi connectivity index (χ2n) is 4.25. The van der Waals surface area contributed by atoms with E-state index in [9.17, 15) is 18.0 Å². The van der Waals surface area contributed by atoms with Gasteiger partial charge in [0.05, 0.1) is 0 Å². The highest BCUT2D eigenvalue weighted by Gasteiger charge is 2.15. The Morgan fingerprint density at radius 1 is 1.15 bits per heavy atom. The van der Waals surface area contributed by atoms with Gasteiger partial charge in [0.25, 0.3) is 0 Å². The lowest BCUT2D eigenvalue weighted by atomic mass is 10.1. The van der Waals surface area contributed by atoms with Crippen molar-refractivity contribution in [2.75, 3.05) is 0 Å². The summed E-state index contributed by atoms with van der Waals surface area (Å²) in [7, 11) is 0. The zero-order valence-corrected chi connectivity index (χ0v) is 10.6. The van der Waals surface area contributed by atoms with Crippen LogP contribution in [0.5, 0.6) is 5.75 Å². The fourth-order valence-electron chi connectivity index (χ4n) is 1.72. The molecule has 0 bridgehead atoms. The van der Waals surface area contributed by atoms with Gasteiger partial charge < -0.3 is 4.74 Å². The van der Waals surface area contributed by atoms with Crippen molar-refractivity contribution in [1.29, 1.82) is 0 Å². The number of ether oxygens (including phenoxy) is 1. The fourth-order valence-corrected chi connectivity index (χ4v) is 1.72. The first-order chi connectivity index (χ1) is 9.52. The standard InChI is InChI=1S/C15H11F3O2/c1-9-11(6-13(16)15(18)14(9)17)8-20-12-4-2-3-10(5-12)7-19/h2-7H,8H2,1H3. The molecule has 0 fully saturated rings. The predicted molar refractivity (Wildman–Crippen MR) is 67.2 cm³/mol. The minimum absolute atomic E-state index is 0.00422. The van der Waals surface area contributed by atoms with Crippen LogP contribution < -0.4 is 4.74 Å². The van der Waals surface area contributed by atoms with Crippen LogP contribution >= 0.6 is 0 Å². The molecule has 2 nitrogen and oxygen atoms in total. The van der Waals surface area contributed by atoms with Crippen molar-refractivity contribution in [3.05, 3.63) is 64.5 Å². The van der Waals surface area contributed by atoms with Crippen LogP contribution in [0.3, 0.4) is 0 Å². The maximum Gasteiger partial charge on any atom is 0.194 e. The van der Waals surface area contributed by atoms with E-state index in [-0.39, 0.29) is 17.7 Å². The normalized spacial score (nSPS) is 10.4. The molecule has 2 aromatic rings. The highest BCUT2D eigenvalue weighted by molar-refractivity contribution is 5.75. The molecule has 2 rings (SSSR count). The third kappa shape index (κ3) is 2.82. The van der Waals surface area contributed by atoms with E-state index in [1.54, 1.807) is 18.2 Å². The van der Waals surface area contributed by atoms with Crippen LogP contribution in [0, 0.1) is 24.4 Å². The molecular formula is C15H11F3O2. The van der Waals surface area contributed by atoms with E-state index in [1.807, 2.05) is 0 Å². The lowest BCUT2D eigenvalue weighted by molar-refractivity contribution is 0.112. The average Bonchev–Trinajstić information content (AvgIpc) is 2.47. The Kier molecular flexibility index (Phi) is 4.08. The number of carbonyl (C=O) groups is 1. The van der Waals surface area contributed by atoms with Crippen LogP contribution in [0.25, 0.3) is 0 Å². The van der Waals surface area contributed by atoms with E-state index in [1.165, 1.54) is 13.0 Å². The molecule has 0 amide bonds. The molecule has 0 saturated heterocycles. The van der Waals surface area contributed by atoms with Crippen molar-refractivity contribution in [1.82, 2.24) is 0 Å². The quantitative estimate of drug-likeness (QED) is 0.629. The summed E-state index contributed by atoms with van der Waals surface area (Å²) in [4.78, 5) is 10.6. The summed E-state index contributed by atoms with van der Waals surface area (Å²) in [6.07, 6.45) is 0.662. The molecule has 0 aliphatic rings. The number of hydrogen-bond donors (Lipinski definition) is 0. The van der Waals surface area contributed by atoms with E-state index in [4.69, 9.17) is 4.74 Å². The van der Waals surface area contributed by atoms with E-state index < -0.39 is 17.5 Å². The van der Waals surface area contributed by atoms with Crippen molar-refractivity contribution >= 4 is 6.29 Å². The van der Waals surface area contributed by atoms with Crippen LogP contribution in [0.15, 0.2) is 30.3 Å². The predicted octanol–water partition coefficient (Wildman–Crippen LogP) is 3.80. The SMILES string of the molecule is Cc1c(COc2cccc(C=O)c2)cc(F)c(F)c1F. The first kappa shape index (κ1) is 14.1. The van der Waals surface area contributed by atoms with Crippen molar-refractivity contribution in [3.63, 3.8) is 0 Å². The summed E-state index contributed by atoms with van der Waals surface area (Å²) >= 11 is 0. The Balaban J connectivity index is 2.21. The molecule has 0 heterocycles. The van der Waals surface area contributed by atoms with Crippen LogP contribution in [0.2, 0.25) is 0 Å². The monoisotopic (exact) mass is 280 g/mol. The summed E-state index contributed by atoms with van der Waals surface area (Å²) in [6.45, 7) is 1.22. The van der Waals surface area contributed by atoms with Crippen LogP contribution in [-0.4, -0.2) is 6.29 Å². The lowest BCUT2D eigenvalue weighted by Crippen LogP contribution is -2.04. The molecule has 0 aromatic heterocycles. The Bertz CT molecular complexity index is 654. The number of carbonyl (C=O) groups excluding carboxylic acids is 1. The number of rotatable bonds is 4. The first-order valence-electron chi connectivity index (χ1n) is 5.84. The molecule has 0 aliphatic carbocycles. The molecule has 5 heteroatoms. The second-order valence-corrected chi connectivity index (χ2v) is 4.25. The highest BCUT2D eigenvalue weighted by atomic mass is 19.2. The maximum absolute atomic E-state index is 13.4. The number of hydrogen-bond acceptors (Lipinski definition) is 2. The zero-order valence-electron chi connectivity index (χ0n) is 10.6. The van der Waals surface area contributed by atoms with Gasteiger partial charge in [0.2, 0.25) is 0 Å². The summed E-state index contributed by atoms with van der Waals surface area (Å²) in [6, 6.07) is 7.23. The molecule has 2 aromatic carbocycles. The topological polar surface area (TPSA) is 26.3 Å². The molecule has 0 saturated carbocycles. The molecule has 0 unspecified atom stereocenters. The van der Waals surface area contributed by atoms with Gasteiger partial charge in [-0.1, -0.05) is 12.1 Å². The molecular weight excluding hydrogens is 269 g/mol. The van der Waals surface area contributed by atoms with Crippen LogP contribution in [0.4, 0.5) is 13.2 Å². The average molecular weight is 280 g/mol. The molecule has 0 atom stereocenters. The van der Waals surface area contributed by atoms with E-state index in [0.717, 1.165) is 6.07 Å². The van der Waals surface area contributed by atoms with Crippen molar-refractivity contribution in [2.24, 2.45) is 0 Å². The minimum atomic E-state index is -1.49. The largest absolute Gasteiger partial charge is 0.489 e. The molecule has 0 radical (unpaired) electrons. The smallest absolute Gasteiger partial charge is 0.194 e. The van der Waals surface area contributed by atoms with E-state index in [2.05, 4.69) is 0 Å². The Labute approximate surface area is 113 Å². The van der Waals surface area contributed by atoms with Crippen LogP contribution in [0.1, 0.15) is 21.5 Å². The minimum Gasteiger partial charge on any atom is -0.489 e. The molecule has 20 heavy (non-hydrogen) atoms. The first-order valence-corrected chi connectivity index (χ1v) is 5.84. The summed E-state index contributed by atoms with van der Waals surface area (Å²) in [5.74, 6) is -3.58. The number of aldehydes is 1. The van der Waals surface area contributed by atoms with Gasteiger partial charge in [0.15, 0.2) is 17.5 Å². The Morgan fingerprint density at radius 2 is 1.90 bits per heavy atom. The molecule has 0 aliphatic heterocycles. The maximum atomic E-state index is 13.4. The molecule has 0 spiro atoms. The van der Waals surface area contributed by atoms with Crippen molar-refractivity contribution in [3.8, 4) is 5.75 Å². The van der Waals surface area contributed by atoms with Gasteiger partial charge in [0.1, 0.15) is 18.6 Å². The van der Waals surface area contributed by atoms with Gasteiger partial charge >= 0.3 is 0 Å². The second kappa shape index (κ2) is 5.77. The van der Waals surface area contributed by atoms with Crippen LogP contribution in [-0.2, 0) is 6.61 Å². The van der Waals surface area contributed by atoms with Gasteiger partial charge in [0, 0.05) is 5.56 Å². The van der Waals surface area contributed by atoms with Gasteiger partial charge in [-0.25, -0.2) is 13.2 Å². The number of halogens is 3. The third-order valence-corrected chi connectivity index (χ3v) is 2.90. The highest BCUT2D eigenvalue weighted by Crippen LogP contribution is 2.21. The number of benzene rings is 2. The van der Waals surface area contributed by atoms with Gasteiger partial charge in [-0.3, -0.25) is 4.79 Å². The van der Waals surface area contributed by atoms with Gasteiger partial charge in [-0.2, -0.15) is 0 Å². The molecule has 0 N–H and O–H groups in total. The van der Waals surface area contributed by atoms with Crippen molar-refractivity contribution in [2.45, 2.75) is 13.5 Å². The van der Waals surface area contributed by atoms with E-state index >= 15 is 0 Å². The zero-order chi connectivity index (χ0) is 14.7. The van der Waals surface area contributed by atoms with Gasteiger partial charge in [-0.15, -0.1) is 0 Å². The Hall–Kier alpha value is -2.30. The van der Waals surface area contributed by atoms with Gasteiger partial charge in [-0.05, 0) is 36.2 Å². The Morgan fingerprint density at radius 3 is 2.60 bits per heavy atom.